The van der Waals surface area contributed by atoms with Crippen molar-refractivity contribution in [2.24, 2.45) is 0 Å². The van der Waals surface area contributed by atoms with Gasteiger partial charge in [0.2, 0.25) is 0 Å². The molecule has 2 heterocycles. The molecule has 1 aliphatic heterocycles. The lowest BCUT2D eigenvalue weighted by Crippen LogP contribution is -2.38. The van der Waals surface area contributed by atoms with Gasteiger partial charge >= 0.3 is 6.03 Å². The Morgan fingerprint density at radius 3 is 2.88 bits per heavy atom. The lowest BCUT2D eigenvalue weighted by atomic mass is 9.95. The van der Waals surface area contributed by atoms with Gasteiger partial charge in [0.1, 0.15) is 0 Å². The molecule has 0 spiro atoms. The van der Waals surface area contributed by atoms with Crippen LogP contribution < -0.4 is 10.6 Å². The summed E-state index contributed by atoms with van der Waals surface area (Å²) in [5.74, 6) is 0.231. The number of hydrogen-bond donors (Lipinski definition) is 2. The summed E-state index contributed by atoms with van der Waals surface area (Å²) in [6.07, 6.45) is 5.91. The van der Waals surface area contributed by atoms with E-state index in [1.54, 1.807) is 6.20 Å². The standard InChI is InChI=1S/C19H26N4O2/c1-14(16-7-4-3-5-8-16)15(2)21-19(24)22-17-11-20-23(12-17)13-18-9-6-10-25-18/h3-5,7-8,11-12,14-15,18H,6,9-10,13H2,1-2H3,(H2,21,22,24)/t14-,15+,18-/m1/s1. The van der Waals surface area contributed by atoms with Gasteiger partial charge in [-0.25, -0.2) is 4.79 Å². The molecule has 6 heteroatoms. The van der Waals surface area contributed by atoms with Gasteiger partial charge in [-0.1, -0.05) is 37.3 Å². The summed E-state index contributed by atoms with van der Waals surface area (Å²) in [6, 6.07) is 9.99. The summed E-state index contributed by atoms with van der Waals surface area (Å²) in [5.41, 5.74) is 1.90. The monoisotopic (exact) mass is 342 g/mol. The van der Waals surface area contributed by atoms with Crippen LogP contribution in [0.5, 0.6) is 0 Å². The Balaban J connectivity index is 1.49. The molecular formula is C19H26N4O2. The molecule has 3 rings (SSSR count). The zero-order valence-corrected chi connectivity index (χ0v) is 14.8. The summed E-state index contributed by atoms with van der Waals surface area (Å²) < 4.78 is 7.43. The van der Waals surface area contributed by atoms with Crippen molar-refractivity contribution in [3.8, 4) is 0 Å². The van der Waals surface area contributed by atoms with Crippen LogP contribution in [0.15, 0.2) is 42.7 Å². The lowest BCUT2D eigenvalue weighted by Gasteiger charge is -2.21. The fourth-order valence-electron chi connectivity index (χ4n) is 3.07. The van der Waals surface area contributed by atoms with E-state index in [4.69, 9.17) is 4.74 Å². The highest BCUT2D eigenvalue weighted by atomic mass is 16.5. The smallest absolute Gasteiger partial charge is 0.319 e. The topological polar surface area (TPSA) is 68.2 Å². The van der Waals surface area contributed by atoms with Crippen LogP contribution in [0.25, 0.3) is 0 Å². The van der Waals surface area contributed by atoms with Gasteiger partial charge in [0.15, 0.2) is 0 Å². The minimum Gasteiger partial charge on any atom is -0.376 e. The summed E-state index contributed by atoms with van der Waals surface area (Å²) >= 11 is 0. The molecular weight excluding hydrogens is 316 g/mol. The molecule has 0 radical (unpaired) electrons. The molecule has 1 aliphatic rings. The normalized spacial score (nSPS) is 19.4. The number of ether oxygens (including phenoxy) is 1. The maximum Gasteiger partial charge on any atom is 0.319 e. The van der Waals surface area contributed by atoms with E-state index in [1.807, 2.05) is 36.0 Å². The number of benzene rings is 1. The van der Waals surface area contributed by atoms with Crippen molar-refractivity contribution in [2.75, 3.05) is 11.9 Å². The predicted octanol–water partition coefficient (Wildman–Crippen LogP) is 3.38. The second kappa shape index (κ2) is 8.16. The van der Waals surface area contributed by atoms with E-state index < -0.39 is 0 Å². The number of urea groups is 1. The summed E-state index contributed by atoms with van der Waals surface area (Å²) in [5, 5.41) is 10.1. The second-order valence-corrected chi connectivity index (χ2v) is 6.67. The molecule has 0 aliphatic carbocycles. The van der Waals surface area contributed by atoms with E-state index >= 15 is 0 Å². The van der Waals surface area contributed by atoms with Crippen LogP contribution in [0, 0.1) is 0 Å². The van der Waals surface area contributed by atoms with Gasteiger partial charge in [-0.2, -0.15) is 5.10 Å². The third kappa shape index (κ3) is 4.82. The Bertz CT molecular complexity index is 680. The number of amides is 2. The van der Waals surface area contributed by atoms with Crippen LogP contribution in [0.4, 0.5) is 10.5 Å². The van der Waals surface area contributed by atoms with Crippen molar-refractivity contribution in [3.05, 3.63) is 48.3 Å². The van der Waals surface area contributed by atoms with Gasteiger partial charge < -0.3 is 15.4 Å². The molecule has 0 bridgehead atoms. The van der Waals surface area contributed by atoms with Gasteiger partial charge in [-0.05, 0) is 25.3 Å². The first-order valence-electron chi connectivity index (χ1n) is 8.88. The van der Waals surface area contributed by atoms with E-state index in [1.165, 1.54) is 5.56 Å². The van der Waals surface area contributed by atoms with E-state index in [2.05, 4.69) is 34.8 Å². The maximum atomic E-state index is 12.2. The van der Waals surface area contributed by atoms with E-state index in [0.29, 0.717) is 5.69 Å². The Morgan fingerprint density at radius 2 is 2.16 bits per heavy atom. The lowest BCUT2D eigenvalue weighted by molar-refractivity contribution is 0.0940. The first kappa shape index (κ1) is 17.5. The Morgan fingerprint density at radius 1 is 1.36 bits per heavy atom. The van der Waals surface area contributed by atoms with E-state index in [9.17, 15) is 4.79 Å². The number of rotatable bonds is 6. The third-order valence-corrected chi connectivity index (χ3v) is 4.74. The highest BCUT2D eigenvalue weighted by molar-refractivity contribution is 5.89. The van der Waals surface area contributed by atoms with Crippen LogP contribution >= 0.6 is 0 Å². The van der Waals surface area contributed by atoms with Gasteiger partial charge in [0.25, 0.3) is 0 Å². The molecule has 2 amide bonds. The van der Waals surface area contributed by atoms with E-state index in [0.717, 1.165) is 26.0 Å². The predicted molar refractivity (Wildman–Crippen MR) is 97.7 cm³/mol. The van der Waals surface area contributed by atoms with Crippen molar-refractivity contribution in [3.63, 3.8) is 0 Å². The number of carbonyl (C=O) groups is 1. The average Bonchev–Trinajstić information content (AvgIpc) is 3.27. The Kier molecular flexibility index (Phi) is 5.71. The Hall–Kier alpha value is -2.34. The summed E-state index contributed by atoms with van der Waals surface area (Å²) in [6.45, 7) is 5.68. The number of carbonyl (C=O) groups excluding carboxylic acids is 1. The quantitative estimate of drug-likeness (QED) is 0.846. The minimum atomic E-state index is -0.216. The fourth-order valence-corrected chi connectivity index (χ4v) is 3.07. The van der Waals surface area contributed by atoms with Crippen molar-refractivity contribution in [1.29, 1.82) is 0 Å². The molecule has 0 unspecified atom stereocenters. The zero-order chi connectivity index (χ0) is 17.6. The Labute approximate surface area is 148 Å². The molecule has 1 aromatic heterocycles. The van der Waals surface area contributed by atoms with Crippen molar-refractivity contribution >= 4 is 11.7 Å². The molecule has 6 nitrogen and oxygen atoms in total. The van der Waals surface area contributed by atoms with Gasteiger partial charge in [-0.15, -0.1) is 0 Å². The summed E-state index contributed by atoms with van der Waals surface area (Å²) in [4.78, 5) is 12.2. The van der Waals surface area contributed by atoms with E-state index in [-0.39, 0.29) is 24.1 Å². The SMILES string of the molecule is C[C@H](NC(=O)Nc1cnn(C[C@H]2CCCO2)c1)[C@@H](C)c1ccccc1. The van der Waals surface area contributed by atoms with Crippen LogP contribution in [0.1, 0.15) is 38.2 Å². The van der Waals surface area contributed by atoms with Crippen LogP contribution in [-0.4, -0.2) is 34.6 Å². The highest BCUT2D eigenvalue weighted by Gasteiger charge is 2.18. The van der Waals surface area contributed by atoms with Crippen LogP contribution in [0.3, 0.4) is 0 Å². The first-order valence-corrected chi connectivity index (χ1v) is 8.88. The third-order valence-electron chi connectivity index (χ3n) is 4.74. The largest absolute Gasteiger partial charge is 0.376 e. The molecule has 1 fully saturated rings. The molecule has 2 N–H and O–H groups in total. The zero-order valence-electron chi connectivity index (χ0n) is 14.8. The first-order chi connectivity index (χ1) is 12.1. The van der Waals surface area contributed by atoms with Crippen molar-refractivity contribution < 1.29 is 9.53 Å². The number of aromatic nitrogens is 2. The maximum absolute atomic E-state index is 12.2. The number of anilines is 1. The highest BCUT2D eigenvalue weighted by Crippen LogP contribution is 2.19. The average molecular weight is 342 g/mol. The molecule has 25 heavy (non-hydrogen) atoms. The van der Waals surface area contributed by atoms with Gasteiger partial charge in [0.05, 0.1) is 24.5 Å². The molecule has 134 valence electrons. The minimum absolute atomic E-state index is 0.0179. The molecule has 1 aromatic carbocycles. The van der Waals surface area contributed by atoms with Crippen molar-refractivity contribution in [1.82, 2.24) is 15.1 Å². The van der Waals surface area contributed by atoms with Crippen LogP contribution in [-0.2, 0) is 11.3 Å². The molecule has 3 atom stereocenters. The molecule has 2 aromatic rings. The number of nitrogens with zero attached hydrogens (tertiary/aromatic N) is 2. The van der Waals surface area contributed by atoms with Crippen molar-refractivity contribution in [2.45, 2.75) is 51.3 Å². The second-order valence-electron chi connectivity index (χ2n) is 6.67. The van der Waals surface area contributed by atoms with Crippen LogP contribution in [0.2, 0.25) is 0 Å². The fraction of sp³-hybridized carbons (Fsp3) is 0.474. The van der Waals surface area contributed by atoms with Gasteiger partial charge in [-0.3, -0.25) is 4.68 Å². The molecule has 1 saturated heterocycles. The number of hydrogen-bond acceptors (Lipinski definition) is 3. The molecule has 0 saturated carbocycles. The van der Waals surface area contributed by atoms with Gasteiger partial charge in [0, 0.05) is 24.8 Å². The number of nitrogens with one attached hydrogen (secondary N) is 2. The summed E-state index contributed by atoms with van der Waals surface area (Å²) in [7, 11) is 0.